The molecule has 0 atom stereocenters. The molecule has 0 fully saturated rings. The summed E-state index contributed by atoms with van der Waals surface area (Å²) < 4.78 is 10.7. The minimum atomic E-state index is 0.682. The lowest BCUT2D eigenvalue weighted by Crippen LogP contribution is -2.23. The van der Waals surface area contributed by atoms with Gasteiger partial charge >= 0.3 is 0 Å². The second-order valence-corrected chi connectivity index (χ2v) is 4.05. The number of nitrogens with one attached hydrogen (secondary N) is 1. The number of allylic oxidation sites excluding steroid dienone is 1. The van der Waals surface area contributed by atoms with Crippen LogP contribution in [0, 0.1) is 0 Å². The van der Waals surface area contributed by atoms with Gasteiger partial charge in [-0.1, -0.05) is 24.3 Å². The predicted molar refractivity (Wildman–Crippen MR) is 75.2 cm³/mol. The lowest BCUT2D eigenvalue weighted by molar-refractivity contribution is 0.193. The van der Waals surface area contributed by atoms with E-state index in [-0.39, 0.29) is 0 Å². The summed E-state index contributed by atoms with van der Waals surface area (Å²) in [5, 5.41) is 3.32. The molecule has 0 bridgehead atoms. The Kier molecular flexibility index (Phi) is 7.93. The van der Waals surface area contributed by atoms with E-state index in [1.807, 2.05) is 24.3 Å². The highest BCUT2D eigenvalue weighted by molar-refractivity contribution is 5.34. The second kappa shape index (κ2) is 9.68. The average Bonchev–Trinajstić information content (AvgIpc) is 2.40. The van der Waals surface area contributed by atoms with Gasteiger partial charge in [0.25, 0.3) is 0 Å². The Morgan fingerprint density at radius 1 is 1.22 bits per heavy atom. The fourth-order valence-electron chi connectivity index (χ4n) is 1.67. The number of ether oxygens (including phenoxy) is 2. The van der Waals surface area contributed by atoms with E-state index in [0.717, 1.165) is 38.3 Å². The fourth-order valence-corrected chi connectivity index (χ4v) is 1.67. The Morgan fingerprint density at radius 3 is 2.83 bits per heavy atom. The van der Waals surface area contributed by atoms with Crippen LogP contribution >= 0.6 is 0 Å². The van der Waals surface area contributed by atoms with E-state index in [4.69, 9.17) is 9.47 Å². The monoisotopic (exact) mass is 249 g/mol. The molecule has 0 radical (unpaired) electrons. The SMILES string of the molecule is C=CCc1ccccc1OCCNCCCOC. The number of para-hydroxylation sites is 1. The van der Waals surface area contributed by atoms with Crippen LogP contribution in [-0.2, 0) is 11.2 Å². The molecule has 0 unspecified atom stereocenters. The van der Waals surface area contributed by atoms with Crippen molar-refractivity contribution in [3.8, 4) is 5.75 Å². The van der Waals surface area contributed by atoms with Crippen LogP contribution in [0.1, 0.15) is 12.0 Å². The normalized spacial score (nSPS) is 10.3. The van der Waals surface area contributed by atoms with Crippen LogP contribution in [0.2, 0.25) is 0 Å². The number of methoxy groups -OCH3 is 1. The molecule has 0 aliphatic rings. The third-order valence-electron chi connectivity index (χ3n) is 2.58. The Morgan fingerprint density at radius 2 is 2.06 bits per heavy atom. The van der Waals surface area contributed by atoms with E-state index < -0.39 is 0 Å². The van der Waals surface area contributed by atoms with Crippen molar-refractivity contribution in [3.63, 3.8) is 0 Å². The van der Waals surface area contributed by atoms with Gasteiger partial charge in [0.1, 0.15) is 12.4 Å². The quantitative estimate of drug-likeness (QED) is 0.510. The molecule has 0 aliphatic carbocycles. The summed E-state index contributed by atoms with van der Waals surface area (Å²) in [5.41, 5.74) is 1.19. The van der Waals surface area contributed by atoms with Crippen LogP contribution in [-0.4, -0.2) is 33.4 Å². The van der Waals surface area contributed by atoms with Crippen molar-refractivity contribution >= 4 is 0 Å². The van der Waals surface area contributed by atoms with Crippen LogP contribution in [0.25, 0.3) is 0 Å². The van der Waals surface area contributed by atoms with E-state index in [2.05, 4.69) is 18.0 Å². The maximum absolute atomic E-state index is 5.75. The Labute approximate surface area is 110 Å². The van der Waals surface area contributed by atoms with Crippen LogP contribution in [0.4, 0.5) is 0 Å². The lowest BCUT2D eigenvalue weighted by atomic mass is 10.1. The third-order valence-corrected chi connectivity index (χ3v) is 2.58. The van der Waals surface area contributed by atoms with Gasteiger partial charge in [-0.2, -0.15) is 0 Å². The van der Waals surface area contributed by atoms with Gasteiger partial charge in [0.15, 0.2) is 0 Å². The smallest absolute Gasteiger partial charge is 0.122 e. The van der Waals surface area contributed by atoms with Crippen molar-refractivity contribution in [2.75, 3.05) is 33.4 Å². The van der Waals surface area contributed by atoms with E-state index in [0.29, 0.717) is 6.61 Å². The van der Waals surface area contributed by atoms with Crippen molar-refractivity contribution in [1.29, 1.82) is 0 Å². The van der Waals surface area contributed by atoms with Gasteiger partial charge in [-0.25, -0.2) is 0 Å². The molecule has 0 saturated heterocycles. The zero-order valence-electron chi connectivity index (χ0n) is 11.2. The molecule has 100 valence electrons. The number of rotatable bonds is 10. The van der Waals surface area contributed by atoms with Gasteiger partial charge in [-0.3, -0.25) is 0 Å². The molecule has 0 amide bonds. The summed E-state index contributed by atoms with van der Waals surface area (Å²) in [6, 6.07) is 8.09. The van der Waals surface area contributed by atoms with Crippen LogP contribution in [0.15, 0.2) is 36.9 Å². The van der Waals surface area contributed by atoms with E-state index in [1.165, 1.54) is 5.56 Å². The molecule has 0 spiro atoms. The largest absolute Gasteiger partial charge is 0.492 e. The summed E-state index contributed by atoms with van der Waals surface area (Å²) >= 11 is 0. The highest BCUT2D eigenvalue weighted by Gasteiger charge is 2.00. The molecule has 3 heteroatoms. The first-order valence-electron chi connectivity index (χ1n) is 6.39. The van der Waals surface area contributed by atoms with Crippen molar-refractivity contribution in [3.05, 3.63) is 42.5 Å². The highest BCUT2D eigenvalue weighted by Crippen LogP contribution is 2.18. The van der Waals surface area contributed by atoms with E-state index >= 15 is 0 Å². The Bertz CT molecular complexity index is 339. The van der Waals surface area contributed by atoms with Gasteiger partial charge < -0.3 is 14.8 Å². The minimum Gasteiger partial charge on any atom is -0.492 e. The molecule has 0 saturated carbocycles. The van der Waals surface area contributed by atoms with Crippen molar-refractivity contribution in [2.45, 2.75) is 12.8 Å². The standard InChI is InChI=1S/C15H23NO2/c1-3-7-14-8-4-5-9-15(14)18-13-11-16-10-6-12-17-2/h3-5,8-9,16H,1,6-7,10-13H2,2H3. The third kappa shape index (κ3) is 5.84. The van der Waals surface area contributed by atoms with Crippen molar-refractivity contribution in [1.82, 2.24) is 5.32 Å². The van der Waals surface area contributed by atoms with Gasteiger partial charge in [-0.05, 0) is 31.0 Å². The number of hydrogen-bond acceptors (Lipinski definition) is 3. The van der Waals surface area contributed by atoms with Crippen molar-refractivity contribution < 1.29 is 9.47 Å². The molecule has 1 N–H and O–H groups in total. The number of benzene rings is 1. The molecular weight excluding hydrogens is 226 g/mol. The Balaban J connectivity index is 2.20. The zero-order chi connectivity index (χ0) is 13.1. The Hall–Kier alpha value is -1.32. The van der Waals surface area contributed by atoms with Gasteiger partial charge in [0, 0.05) is 20.3 Å². The average molecular weight is 249 g/mol. The summed E-state index contributed by atoms with van der Waals surface area (Å²) in [5.74, 6) is 0.955. The van der Waals surface area contributed by atoms with Crippen LogP contribution in [0.3, 0.4) is 0 Å². The van der Waals surface area contributed by atoms with Gasteiger partial charge in [0.2, 0.25) is 0 Å². The maximum Gasteiger partial charge on any atom is 0.122 e. The summed E-state index contributed by atoms with van der Waals surface area (Å²) in [7, 11) is 1.72. The number of hydrogen-bond donors (Lipinski definition) is 1. The molecule has 18 heavy (non-hydrogen) atoms. The maximum atomic E-state index is 5.75. The summed E-state index contributed by atoms with van der Waals surface area (Å²) in [6.07, 6.45) is 3.77. The second-order valence-electron chi connectivity index (χ2n) is 4.05. The van der Waals surface area contributed by atoms with Crippen LogP contribution < -0.4 is 10.1 Å². The van der Waals surface area contributed by atoms with Gasteiger partial charge in [0.05, 0.1) is 0 Å². The highest BCUT2D eigenvalue weighted by atomic mass is 16.5. The molecule has 0 aliphatic heterocycles. The molecular formula is C15H23NO2. The first-order valence-corrected chi connectivity index (χ1v) is 6.39. The predicted octanol–water partition coefficient (Wildman–Crippen LogP) is 2.42. The fraction of sp³-hybridized carbons (Fsp3) is 0.467. The first-order chi connectivity index (χ1) is 8.88. The zero-order valence-corrected chi connectivity index (χ0v) is 11.2. The van der Waals surface area contributed by atoms with E-state index in [9.17, 15) is 0 Å². The lowest BCUT2D eigenvalue weighted by Gasteiger charge is -2.10. The summed E-state index contributed by atoms with van der Waals surface area (Å²) in [4.78, 5) is 0. The van der Waals surface area contributed by atoms with Crippen LogP contribution in [0.5, 0.6) is 5.75 Å². The molecule has 1 rings (SSSR count). The topological polar surface area (TPSA) is 30.5 Å². The minimum absolute atomic E-state index is 0.682. The molecule has 3 nitrogen and oxygen atoms in total. The molecule has 1 aromatic rings. The van der Waals surface area contributed by atoms with E-state index in [1.54, 1.807) is 7.11 Å². The van der Waals surface area contributed by atoms with Gasteiger partial charge in [-0.15, -0.1) is 6.58 Å². The molecule has 0 heterocycles. The molecule has 1 aromatic carbocycles. The summed E-state index contributed by atoms with van der Waals surface area (Å²) in [6.45, 7) is 7.06. The van der Waals surface area contributed by atoms with Crippen molar-refractivity contribution in [2.24, 2.45) is 0 Å². The molecule has 0 aromatic heterocycles. The first kappa shape index (κ1) is 14.7.